The van der Waals surface area contributed by atoms with E-state index >= 15 is 0 Å². The number of carbonyl (C=O) groups excluding carboxylic acids is 1. The lowest BCUT2D eigenvalue weighted by atomic mass is 9.90. The lowest BCUT2D eigenvalue weighted by Gasteiger charge is -2.16. The van der Waals surface area contributed by atoms with Crippen molar-refractivity contribution in [2.24, 2.45) is 15.9 Å². The second-order valence-corrected chi connectivity index (χ2v) is 4.05. The molecule has 0 aliphatic heterocycles. The molecule has 1 rings (SSSR count). The molecule has 1 unspecified atom stereocenters. The molecule has 0 heterocycles. The van der Waals surface area contributed by atoms with Crippen LogP contribution in [0.15, 0.2) is 21.6 Å². The van der Waals surface area contributed by atoms with Crippen LogP contribution in [0.5, 0.6) is 0 Å². The number of rotatable bonds is 4. The van der Waals surface area contributed by atoms with Crippen LogP contribution in [0.3, 0.4) is 0 Å². The van der Waals surface area contributed by atoms with E-state index in [1.54, 1.807) is 7.05 Å². The van der Waals surface area contributed by atoms with Crippen LogP contribution in [0.1, 0.15) is 39.0 Å². The first kappa shape index (κ1) is 12.8. The highest BCUT2D eigenvalue weighted by molar-refractivity contribution is 6.02. The van der Waals surface area contributed by atoms with E-state index in [-0.39, 0.29) is 5.92 Å². The van der Waals surface area contributed by atoms with E-state index in [1.165, 1.54) is 5.57 Å². The highest BCUT2D eigenvalue weighted by Crippen LogP contribution is 2.23. The second-order valence-electron chi connectivity index (χ2n) is 4.05. The molecule has 0 fully saturated rings. The van der Waals surface area contributed by atoms with Crippen molar-refractivity contribution in [1.29, 1.82) is 0 Å². The summed E-state index contributed by atoms with van der Waals surface area (Å²) in [5.41, 5.74) is 1.19. The summed E-state index contributed by atoms with van der Waals surface area (Å²) >= 11 is 0. The number of hydrogen-bond acceptors (Lipinski definition) is 2. The van der Waals surface area contributed by atoms with Crippen LogP contribution in [0.2, 0.25) is 0 Å². The average Bonchev–Trinajstić information content (AvgIpc) is 2.35. The molecule has 0 aromatic rings. The van der Waals surface area contributed by atoms with Gasteiger partial charge in [0.1, 0.15) is 12.1 Å². The smallest absolute Gasteiger partial charge is 0.149 e. The molecule has 0 spiro atoms. The Kier molecular flexibility index (Phi) is 5.68. The fourth-order valence-electron chi connectivity index (χ4n) is 1.75. The van der Waals surface area contributed by atoms with Gasteiger partial charge in [0, 0.05) is 19.2 Å². The zero-order chi connectivity index (χ0) is 11.8. The summed E-state index contributed by atoms with van der Waals surface area (Å²) in [7, 11) is 1.77. The Labute approximate surface area is 97.4 Å². The first-order valence-electron chi connectivity index (χ1n) is 5.95. The quantitative estimate of drug-likeness (QED) is 0.408. The fraction of sp³-hybridized carbons (Fsp3) is 0.615. The Hall–Kier alpha value is -1.25. The van der Waals surface area contributed by atoms with Crippen molar-refractivity contribution in [2.45, 2.75) is 39.0 Å². The predicted molar refractivity (Wildman–Crippen MR) is 68.2 cm³/mol. The van der Waals surface area contributed by atoms with Crippen molar-refractivity contribution in [1.82, 2.24) is 0 Å². The van der Waals surface area contributed by atoms with Gasteiger partial charge >= 0.3 is 0 Å². The van der Waals surface area contributed by atoms with Crippen LogP contribution < -0.4 is 0 Å². The van der Waals surface area contributed by atoms with E-state index in [1.807, 2.05) is 6.21 Å². The van der Waals surface area contributed by atoms with E-state index < -0.39 is 0 Å². The van der Waals surface area contributed by atoms with Crippen molar-refractivity contribution in [3.05, 3.63) is 11.6 Å². The van der Waals surface area contributed by atoms with Crippen molar-refractivity contribution in [3.8, 4) is 0 Å². The second kappa shape index (κ2) is 7.09. The van der Waals surface area contributed by atoms with E-state index in [4.69, 9.17) is 0 Å². The minimum absolute atomic E-state index is 0.196. The van der Waals surface area contributed by atoms with Crippen LogP contribution in [0, 0.1) is 5.92 Å². The lowest BCUT2D eigenvalue weighted by molar-refractivity contribution is -0.111. The molecule has 3 nitrogen and oxygen atoms in total. The molecule has 0 saturated carbocycles. The number of aliphatic imine (C=N–C) groups is 2. The monoisotopic (exact) mass is 220 g/mol. The first-order valence-corrected chi connectivity index (χ1v) is 5.95. The van der Waals surface area contributed by atoms with Gasteiger partial charge in [-0.25, -0.2) is 4.99 Å². The normalized spacial score (nSPS) is 22.2. The molecule has 1 aliphatic carbocycles. The summed E-state index contributed by atoms with van der Waals surface area (Å²) < 4.78 is 0. The number of amidine groups is 1. The van der Waals surface area contributed by atoms with Crippen LogP contribution in [-0.4, -0.2) is 25.4 Å². The molecule has 0 N–H and O–H groups in total. The summed E-state index contributed by atoms with van der Waals surface area (Å²) in [6.07, 6.45) is 9.86. The third-order valence-corrected chi connectivity index (χ3v) is 2.77. The summed E-state index contributed by atoms with van der Waals surface area (Å²) in [6, 6.07) is 0. The SMILES string of the molecule is CCC/C=N\C(=N/C)C1=CCC(C=O)CC1. The molecule has 0 saturated heterocycles. The van der Waals surface area contributed by atoms with E-state index in [0.29, 0.717) is 0 Å². The third kappa shape index (κ3) is 3.72. The first-order chi connectivity index (χ1) is 7.81. The number of aldehydes is 1. The van der Waals surface area contributed by atoms with Crippen LogP contribution in [-0.2, 0) is 4.79 Å². The van der Waals surface area contributed by atoms with Gasteiger partial charge in [0.05, 0.1) is 0 Å². The number of carbonyl (C=O) groups is 1. The van der Waals surface area contributed by atoms with Crippen molar-refractivity contribution < 1.29 is 4.79 Å². The number of unbranched alkanes of at least 4 members (excludes halogenated alkanes) is 1. The largest absolute Gasteiger partial charge is 0.303 e. The summed E-state index contributed by atoms with van der Waals surface area (Å²) in [5.74, 6) is 1.03. The molecule has 16 heavy (non-hydrogen) atoms. The van der Waals surface area contributed by atoms with Gasteiger partial charge in [-0.1, -0.05) is 19.4 Å². The molecule has 1 aliphatic rings. The van der Waals surface area contributed by atoms with Crippen LogP contribution in [0.25, 0.3) is 0 Å². The van der Waals surface area contributed by atoms with Gasteiger partial charge in [-0.3, -0.25) is 4.99 Å². The molecule has 0 amide bonds. The molecule has 0 bridgehead atoms. The van der Waals surface area contributed by atoms with Gasteiger partial charge in [-0.15, -0.1) is 0 Å². The molecule has 88 valence electrons. The fourth-order valence-corrected chi connectivity index (χ4v) is 1.75. The molecule has 0 aromatic carbocycles. The van der Waals surface area contributed by atoms with Crippen LogP contribution in [0.4, 0.5) is 0 Å². The Morgan fingerprint density at radius 1 is 1.62 bits per heavy atom. The van der Waals surface area contributed by atoms with Gasteiger partial charge < -0.3 is 4.79 Å². The van der Waals surface area contributed by atoms with Gasteiger partial charge in [0.15, 0.2) is 0 Å². The zero-order valence-corrected chi connectivity index (χ0v) is 10.1. The maximum atomic E-state index is 10.6. The highest BCUT2D eigenvalue weighted by atomic mass is 16.1. The number of nitrogens with zero attached hydrogens (tertiary/aromatic N) is 2. The van der Waals surface area contributed by atoms with E-state index in [0.717, 1.165) is 44.2 Å². The van der Waals surface area contributed by atoms with Crippen LogP contribution >= 0.6 is 0 Å². The predicted octanol–water partition coefficient (Wildman–Crippen LogP) is 2.81. The standard InChI is InChI=1S/C13H20N2O/c1-3-4-9-15-13(14-2)12-7-5-11(10-16)6-8-12/h7,9-11H,3-6,8H2,1-2H3/b14-13-,15-9-. The molecule has 0 radical (unpaired) electrons. The van der Waals surface area contributed by atoms with Crippen molar-refractivity contribution in [3.63, 3.8) is 0 Å². The Morgan fingerprint density at radius 3 is 2.94 bits per heavy atom. The maximum Gasteiger partial charge on any atom is 0.149 e. The summed E-state index contributed by atoms with van der Waals surface area (Å²) in [5, 5.41) is 0. The summed E-state index contributed by atoms with van der Waals surface area (Å²) in [6.45, 7) is 2.13. The van der Waals surface area contributed by atoms with Gasteiger partial charge in [-0.05, 0) is 31.3 Å². The molecule has 3 heteroatoms. The minimum Gasteiger partial charge on any atom is -0.303 e. The van der Waals surface area contributed by atoms with Gasteiger partial charge in [0.2, 0.25) is 0 Å². The maximum absolute atomic E-state index is 10.6. The van der Waals surface area contributed by atoms with Crippen molar-refractivity contribution in [2.75, 3.05) is 7.05 Å². The minimum atomic E-state index is 0.196. The Morgan fingerprint density at radius 2 is 2.44 bits per heavy atom. The summed E-state index contributed by atoms with van der Waals surface area (Å²) in [4.78, 5) is 19.2. The third-order valence-electron chi connectivity index (χ3n) is 2.77. The zero-order valence-electron chi connectivity index (χ0n) is 10.1. The van der Waals surface area contributed by atoms with Gasteiger partial charge in [-0.2, -0.15) is 0 Å². The molecule has 1 atom stereocenters. The van der Waals surface area contributed by atoms with Crippen molar-refractivity contribution >= 4 is 18.3 Å². The van der Waals surface area contributed by atoms with E-state index in [9.17, 15) is 4.79 Å². The lowest BCUT2D eigenvalue weighted by Crippen LogP contribution is -2.11. The average molecular weight is 220 g/mol. The number of allylic oxidation sites excluding steroid dienone is 1. The molecular weight excluding hydrogens is 200 g/mol. The van der Waals surface area contributed by atoms with E-state index in [2.05, 4.69) is 23.0 Å². The number of hydrogen-bond donors (Lipinski definition) is 0. The Bertz CT molecular complexity index is 316. The Balaban J connectivity index is 2.61. The highest BCUT2D eigenvalue weighted by Gasteiger charge is 2.15. The van der Waals surface area contributed by atoms with Gasteiger partial charge in [0.25, 0.3) is 0 Å². The molecule has 0 aromatic heterocycles. The molecular formula is C13H20N2O. The topological polar surface area (TPSA) is 41.8 Å².